The fourth-order valence-electron chi connectivity index (χ4n) is 3.08. The number of benzene rings is 1. The van der Waals surface area contributed by atoms with E-state index in [2.05, 4.69) is 10.1 Å². The maximum atomic E-state index is 12.6. The van der Waals surface area contributed by atoms with Crippen molar-refractivity contribution < 1.29 is 14.1 Å². The topological polar surface area (TPSA) is 79.5 Å². The van der Waals surface area contributed by atoms with Crippen LogP contribution in [0.2, 0.25) is 10.0 Å². The Morgan fingerprint density at radius 1 is 1.22 bits per heavy atom. The molecule has 9 heteroatoms. The molecule has 1 aliphatic rings. The SMILES string of the molecule is CCC(=O)N1CCN(C(=O)Cc2noc(-c3ccc(Cl)c(Cl)c3)n2)C[C@@H]1C. The van der Waals surface area contributed by atoms with E-state index >= 15 is 0 Å². The molecular formula is C18H20Cl2N4O3. The van der Waals surface area contributed by atoms with Crippen molar-refractivity contribution in [1.82, 2.24) is 19.9 Å². The van der Waals surface area contributed by atoms with Crippen molar-refractivity contribution in [2.45, 2.75) is 32.7 Å². The monoisotopic (exact) mass is 410 g/mol. The van der Waals surface area contributed by atoms with Crippen molar-refractivity contribution in [3.63, 3.8) is 0 Å². The van der Waals surface area contributed by atoms with Gasteiger partial charge in [0.2, 0.25) is 11.8 Å². The Morgan fingerprint density at radius 3 is 2.67 bits per heavy atom. The fraction of sp³-hybridized carbons (Fsp3) is 0.444. The van der Waals surface area contributed by atoms with Crippen LogP contribution in [0.25, 0.3) is 11.5 Å². The van der Waals surface area contributed by atoms with Gasteiger partial charge in [0.15, 0.2) is 5.82 Å². The number of hydrogen-bond acceptors (Lipinski definition) is 5. The van der Waals surface area contributed by atoms with Gasteiger partial charge in [-0.2, -0.15) is 4.98 Å². The van der Waals surface area contributed by atoms with E-state index in [0.29, 0.717) is 47.5 Å². The molecular weight excluding hydrogens is 391 g/mol. The highest BCUT2D eigenvalue weighted by Crippen LogP contribution is 2.27. The summed E-state index contributed by atoms with van der Waals surface area (Å²) in [5.41, 5.74) is 0.635. The molecule has 0 unspecified atom stereocenters. The molecule has 0 aliphatic carbocycles. The minimum absolute atomic E-state index is 0.00723. The molecule has 1 fully saturated rings. The highest BCUT2D eigenvalue weighted by molar-refractivity contribution is 6.42. The van der Waals surface area contributed by atoms with Crippen molar-refractivity contribution >= 4 is 35.0 Å². The third kappa shape index (κ3) is 4.42. The third-order valence-corrected chi connectivity index (χ3v) is 5.29. The van der Waals surface area contributed by atoms with Gasteiger partial charge in [-0.1, -0.05) is 35.3 Å². The number of amides is 2. The summed E-state index contributed by atoms with van der Waals surface area (Å²) in [6.07, 6.45) is 0.512. The lowest BCUT2D eigenvalue weighted by Crippen LogP contribution is -2.55. The summed E-state index contributed by atoms with van der Waals surface area (Å²) < 4.78 is 5.23. The number of piperazine rings is 1. The molecule has 1 aromatic carbocycles. The van der Waals surface area contributed by atoms with Gasteiger partial charge < -0.3 is 14.3 Å². The molecule has 2 heterocycles. The van der Waals surface area contributed by atoms with Gasteiger partial charge in [-0.25, -0.2) is 0 Å². The number of nitrogens with zero attached hydrogens (tertiary/aromatic N) is 4. The Bertz CT molecular complexity index is 855. The van der Waals surface area contributed by atoms with Crippen molar-refractivity contribution in [1.29, 1.82) is 0 Å². The number of halogens is 2. The largest absolute Gasteiger partial charge is 0.338 e. The van der Waals surface area contributed by atoms with Gasteiger partial charge in [0.25, 0.3) is 5.89 Å². The first-order valence-electron chi connectivity index (χ1n) is 8.74. The smallest absolute Gasteiger partial charge is 0.257 e. The summed E-state index contributed by atoms with van der Waals surface area (Å²) in [4.78, 5) is 32.3. The predicted octanol–water partition coefficient (Wildman–Crippen LogP) is 3.06. The van der Waals surface area contributed by atoms with Crippen LogP contribution in [0.1, 0.15) is 26.1 Å². The molecule has 1 aromatic heterocycles. The molecule has 0 bridgehead atoms. The average Bonchev–Trinajstić information content (AvgIpc) is 3.11. The maximum absolute atomic E-state index is 12.6. The second kappa shape index (κ2) is 8.27. The predicted molar refractivity (Wildman–Crippen MR) is 102 cm³/mol. The van der Waals surface area contributed by atoms with Gasteiger partial charge in [-0.05, 0) is 25.1 Å². The zero-order valence-corrected chi connectivity index (χ0v) is 16.6. The lowest BCUT2D eigenvalue weighted by molar-refractivity contribution is -0.142. The van der Waals surface area contributed by atoms with E-state index in [9.17, 15) is 9.59 Å². The first-order valence-corrected chi connectivity index (χ1v) is 9.50. The molecule has 0 spiro atoms. The molecule has 1 aliphatic heterocycles. The Balaban J connectivity index is 1.63. The molecule has 7 nitrogen and oxygen atoms in total. The zero-order chi connectivity index (χ0) is 19.6. The Morgan fingerprint density at radius 2 is 2.00 bits per heavy atom. The van der Waals surface area contributed by atoms with Crippen LogP contribution in [0.4, 0.5) is 0 Å². The third-order valence-electron chi connectivity index (χ3n) is 4.55. The van der Waals surface area contributed by atoms with Crippen LogP contribution >= 0.6 is 23.2 Å². The first kappa shape index (κ1) is 19.6. The highest BCUT2D eigenvalue weighted by atomic mass is 35.5. The molecule has 2 amide bonds. The molecule has 27 heavy (non-hydrogen) atoms. The summed E-state index contributed by atoms with van der Waals surface area (Å²) >= 11 is 11.9. The lowest BCUT2D eigenvalue weighted by Gasteiger charge is -2.39. The minimum atomic E-state index is -0.0908. The van der Waals surface area contributed by atoms with Crippen molar-refractivity contribution in [2.75, 3.05) is 19.6 Å². The van der Waals surface area contributed by atoms with Crippen LogP contribution in [-0.2, 0) is 16.0 Å². The van der Waals surface area contributed by atoms with Crippen LogP contribution in [-0.4, -0.2) is 57.4 Å². The van der Waals surface area contributed by atoms with Gasteiger partial charge in [-0.15, -0.1) is 0 Å². The normalized spacial score (nSPS) is 17.3. The standard InChI is InChI=1S/C18H20Cl2N4O3/c1-3-16(25)24-7-6-23(10-11(24)2)17(26)9-15-21-18(27-22-15)12-4-5-13(19)14(20)8-12/h4-5,8,11H,3,6-7,9-10H2,1-2H3/t11-/m0/s1. The van der Waals surface area contributed by atoms with Crippen LogP contribution in [0.3, 0.4) is 0 Å². The van der Waals surface area contributed by atoms with E-state index in [1.54, 1.807) is 23.1 Å². The molecule has 0 radical (unpaired) electrons. The van der Waals surface area contributed by atoms with Gasteiger partial charge in [0.05, 0.1) is 16.5 Å². The van der Waals surface area contributed by atoms with E-state index in [1.807, 2.05) is 18.7 Å². The summed E-state index contributed by atoms with van der Waals surface area (Å²) in [7, 11) is 0. The van der Waals surface area contributed by atoms with Gasteiger partial charge in [-0.3, -0.25) is 9.59 Å². The highest BCUT2D eigenvalue weighted by Gasteiger charge is 2.29. The average molecular weight is 411 g/mol. The molecule has 1 atom stereocenters. The molecule has 2 aromatic rings. The zero-order valence-electron chi connectivity index (χ0n) is 15.1. The second-order valence-electron chi connectivity index (χ2n) is 6.45. The van der Waals surface area contributed by atoms with E-state index in [4.69, 9.17) is 27.7 Å². The quantitative estimate of drug-likeness (QED) is 0.773. The van der Waals surface area contributed by atoms with E-state index in [1.165, 1.54) is 0 Å². The maximum Gasteiger partial charge on any atom is 0.257 e. The summed E-state index contributed by atoms with van der Waals surface area (Å²) in [5, 5.41) is 4.70. The van der Waals surface area contributed by atoms with Crippen LogP contribution < -0.4 is 0 Å². The molecule has 1 saturated heterocycles. The molecule has 3 rings (SSSR count). The second-order valence-corrected chi connectivity index (χ2v) is 7.27. The Hall–Kier alpha value is -2.12. The number of rotatable bonds is 4. The Kier molecular flexibility index (Phi) is 6.01. The molecule has 144 valence electrons. The van der Waals surface area contributed by atoms with Crippen LogP contribution in [0.15, 0.2) is 22.7 Å². The summed E-state index contributed by atoms with van der Waals surface area (Å²) in [6.45, 7) is 5.34. The number of carbonyl (C=O) groups is 2. The Labute approximate surface area is 167 Å². The number of hydrogen-bond donors (Lipinski definition) is 0. The van der Waals surface area contributed by atoms with Crippen LogP contribution in [0.5, 0.6) is 0 Å². The van der Waals surface area contributed by atoms with Gasteiger partial charge in [0, 0.05) is 37.7 Å². The van der Waals surface area contributed by atoms with Gasteiger partial charge in [0.1, 0.15) is 0 Å². The van der Waals surface area contributed by atoms with E-state index in [-0.39, 0.29) is 30.2 Å². The van der Waals surface area contributed by atoms with E-state index in [0.717, 1.165) is 0 Å². The van der Waals surface area contributed by atoms with Gasteiger partial charge >= 0.3 is 0 Å². The van der Waals surface area contributed by atoms with E-state index < -0.39 is 0 Å². The minimum Gasteiger partial charge on any atom is -0.338 e. The molecule has 0 saturated carbocycles. The lowest BCUT2D eigenvalue weighted by atomic mass is 10.1. The van der Waals surface area contributed by atoms with Crippen LogP contribution in [0, 0.1) is 0 Å². The van der Waals surface area contributed by atoms with Crippen molar-refractivity contribution in [3.05, 3.63) is 34.1 Å². The molecule has 0 N–H and O–H groups in total. The summed E-state index contributed by atoms with van der Waals surface area (Å²) in [5.74, 6) is 0.606. The number of carbonyl (C=O) groups excluding carboxylic acids is 2. The van der Waals surface area contributed by atoms with Crippen molar-refractivity contribution in [3.8, 4) is 11.5 Å². The number of aromatic nitrogens is 2. The first-order chi connectivity index (χ1) is 12.9. The van der Waals surface area contributed by atoms with Crippen molar-refractivity contribution in [2.24, 2.45) is 0 Å². The summed E-state index contributed by atoms with van der Waals surface area (Å²) in [6, 6.07) is 4.99. The fourth-order valence-corrected chi connectivity index (χ4v) is 3.38.